The first-order valence-corrected chi connectivity index (χ1v) is 10.2. The van der Waals surface area contributed by atoms with Crippen LogP contribution in [0.3, 0.4) is 0 Å². The highest BCUT2D eigenvalue weighted by Crippen LogP contribution is 2.30. The van der Waals surface area contributed by atoms with Gasteiger partial charge in [0.25, 0.3) is 5.91 Å². The van der Waals surface area contributed by atoms with Crippen LogP contribution in [0.4, 0.5) is 0 Å². The Morgan fingerprint density at radius 1 is 1.24 bits per heavy atom. The summed E-state index contributed by atoms with van der Waals surface area (Å²) in [5.41, 5.74) is 8.87. The van der Waals surface area contributed by atoms with Gasteiger partial charge in [-0.3, -0.25) is 4.79 Å². The number of nitrogens with one attached hydrogen (secondary N) is 1. The Hall–Kier alpha value is -2.86. The lowest BCUT2D eigenvalue weighted by molar-refractivity contribution is 0.100. The van der Waals surface area contributed by atoms with Gasteiger partial charge >= 0.3 is 0 Å². The lowest BCUT2D eigenvalue weighted by Crippen LogP contribution is -2.40. The van der Waals surface area contributed by atoms with E-state index in [0.717, 1.165) is 49.4 Å². The number of amides is 1. The third-order valence-corrected chi connectivity index (χ3v) is 6.03. The molecule has 4 rings (SSSR count). The molecule has 3 aromatic rings. The number of imidazole rings is 1. The Balaban J connectivity index is 1.39. The third kappa shape index (κ3) is 4.12. The van der Waals surface area contributed by atoms with Crippen molar-refractivity contribution in [1.29, 1.82) is 0 Å². The van der Waals surface area contributed by atoms with E-state index in [0.29, 0.717) is 23.0 Å². The Kier molecular flexibility index (Phi) is 5.53. The minimum absolute atomic E-state index is 0.382. The van der Waals surface area contributed by atoms with E-state index in [-0.39, 0.29) is 0 Å². The van der Waals surface area contributed by atoms with Gasteiger partial charge in [0.1, 0.15) is 17.1 Å². The van der Waals surface area contributed by atoms with E-state index < -0.39 is 5.91 Å². The number of likely N-dealkylation sites (tertiary alicyclic amines) is 1. The fourth-order valence-electron chi connectivity index (χ4n) is 4.29. The highest BCUT2D eigenvalue weighted by Gasteiger charge is 2.26. The number of aromatic nitrogens is 2. The summed E-state index contributed by atoms with van der Waals surface area (Å²) in [6, 6.07) is 14.4. The number of hydrogen-bond donors (Lipinski definition) is 2. The Bertz CT molecular complexity index is 988. The second-order valence-corrected chi connectivity index (χ2v) is 7.90. The van der Waals surface area contributed by atoms with Gasteiger partial charge in [0.15, 0.2) is 0 Å². The van der Waals surface area contributed by atoms with Gasteiger partial charge in [-0.05, 0) is 69.1 Å². The first-order chi connectivity index (χ1) is 14.0. The highest BCUT2D eigenvalue weighted by molar-refractivity contribution is 6.04. The van der Waals surface area contributed by atoms with Gasteiger partial charge in [-0.25, -0.2) is 4.98 Å². The number of methoxy groups -OCH3 is 1. The number of rotatable bonds is 6. The molecular formula is C23H28N4O2. The molecule has 1 saturated heterocycles. The number of nitrogens with two attached hydrogens (primary N) is 1. The van der Waals surface area contributed by atoms with Crippen LogP contribution in [-0.4, -0.2) is 47.0 Å². The van der Waals surface area contributed by atoms with Crippen LogP contribution >= 0.6 is 0 Å². The summed E-state index contributed by atoms with van der Waals surface area (Å²) in [7, 11) is 1.69. The first-order valence-electron chi connectivity index (χ1n) is 10.2. The summed E-state index contributed by atoms with van der Waals surface area (Å²) >= 11 is 0. The van der Waals surface area contributed by atoms with Gasteiger partial charge in [0, 0.05) is 12.0 Å². The van der Waals surface area contributed by atoms with E-state index in [2.05, 4.69) is 28.9 Å². The van der Waals surface area contributed by atoms with Crippen molar-refractivity contribution in [3.05, 3.63) is 59.4 Å². The van der Waals surface area contributed by atoms with Crippen LogP contribution in [0.15, 0.2) is 42.5 Å². The van der Waals surface area contributed by atoms with Gasteiger partial charge < -0.3 is 20.4 Å². The zero-order valence-corrected chi connectivity index (χ0v) is 17.0. The minimum Gasteiger partial charge on any atom is -0.497 e. The predicted molar refractivity (Wildman–Crippen MR) is 114 cm³/mol. The standard InChI is InChI=1S/C23H28N4O2/c1-15(14-16-6-8-18(29-2)9-7-16)27-12-10-17(11-13-27)23-25-20-5-3-4-19(22(24)28)21(20)26-23/h3-9,15,17H,10-14H2,1-2H3,(H2,24,28)(H,25,26). The van der Waals surface area contributed by atoms with Crippen LogP contribution in [0.25, 0.3) is 11.0 Å². The van der Waals surface area contributed by atoms with E-state index in [1.807, 2.05) is 24.3 Å². The maximum Gasteiger partial charge on any atom is 0.250 e. The minimum atomic E-state index is -0.434. The smallest absolute Gasteiger partial charge is 0.250 e. The molecule has 0 bridgehead atoms. The summed E-state index contributed by atoms with van der Waals surface area (Å²) in [6.07, 6.45) is 3.14. The number of benzene rings is 2. The van der Waals surface area contributed by atoms with Crippen molar-refractivity contribution in [2.24, 2.45) is 5.73 Å². The van der Waals surface area contributed by atoms with Crippen LogP contribution in [0, 0.1) is 0 Å². The van der Waals surface area contributed by atoms with Crippen LogP contribution in [0.5, 0.6) is 5.75 Å². The summed E-state index contributed by atoms with van der Waals surface area (Å²) in [5.74, 6) is 1.81. The molecule has 1 atom stereocenters. The fraction of sp³-hybridized carbons (Fsp3) is 0.391. The zero-order valence-electron chi connectivity index (χ0n) is 17.0. The molecule has 152 valence electrons. The molecule has 2 heterocycles. The predicted octanol–water partition coefficient (Wildman–Crippen LogP) is 3.48. The van der Waals surface area contributed by atoms with Crippen molar-refractivity contribution in [2.45, 2.75) is 38.1 Å². The summed E-state index contributed by atoms with van der Waals surface area (Å²) in [6.45, 7) is 4.38. The Labute approximate surface area is 171 Å². The molecule has 0 spiro atoms. The number of aromatic amines is 1. The topological polar surface area (TPSA) is 84.2 Å². The molecule has 0 aliphatic carbocycles. The maximum atomic E-state index is 11.7. The normalized spacial score (nSPS) is 16.8. The van der Waals surface area contributed by atoms with Crippen molar-refractivity contribution < 1.29 is 9.53 Å². The van der Waals surface area contributed by atoms with Crippen molar-refractivity contribution >= 4 is 16.9 Å². The van der Waals surface area contributed by atoms with E-state index in [1.165, 1.54) is 5.56 Å². The van der Waals surface area contributed by atoms with Crippen molar-refractivity contribution in [2.75, 3.05) is 20.2 Å². The quantitative estimate of drug-likeness (QED) is 0.673. The molecule has 29 heavy (non-hydrogen) atoms. The SMILES string of the molecule is COc1ccc(CC(C)N2CCC(c3nc4c(C(N)=O)cccc4[nH]3)CC2)cc1. The Morgan fingerprint density at radius 3 is 2.62 bits per heavy atom. The summed E-state index contributed by atoms with van der Waals surface area (Å²) in [5, 5.41) is 0. The van der Waals surface area contributed by atoms with Crippen molar-refractivity contribution in [1.82, 2.24) is 14.9 Å². The number of piperidine rings is 1. The molecular weight excluding hydrogens is 364 g/mol. The van der Waals surface area contributed by atoms with E-state index in [9.17, 15) is 4.79 Å². The van der Waals surface area contributed by atoms with Crippen LogP contribution in [0.2, 0.25) is 0 Å². The van der Waals surface area contributed by atoms with Gasteiger partial charge in [-0.1, -0.05) is 18.2 Å². The van der Waals surface area contributed by atoms with E-state index >= 15 is 0 Å². The first kappa shape index (κ1) is 19.5. The monoisotopic (exact) mass is 392 g/mol. The molecule has 0 saturated carbocycles. The highest BCUT2D eigenvalue weighted by atomic mass is 16.5. The zero-order chi connectivity index (χ0) is 20.4. The molecule has 1 unspecified atom stereocenters. The fourth-order valence-corrected chi connectivity index (χ4v) is 4.29. The molecule has 1 aliphatic rings. The van der Waals surface area contributed by atoms with Crippen LogP contribution in [0.1, 0.15) is 47.4 Å². The number of carbonyl (C=O) groups is 1. The third-order valence-electron chi connectivity index (χ3n) is 6.03. The summed E-state index contributed by atoms with van der Waals surface area (Å²) < 4.78 is 5.24. The number of primary amides is 1. The molecule has 1 aromatic heterocycles. The number of fused-ring (bicyclic) bond motifs is 1. The van der Waals surface area contributed by atoms with E-state index in [1.54, 1.807) is 13.2 Å². The van der Waals surface area contributed by atoms with Crippen LogP contribution in [-0.2, 0) is 6.42 Å². The maximum absolute atomic E-state index is 11.7. The number of H-pyrrole nitrogens is 1. The second kappa shape index (κ2) is 8.25. The second-order valence-electron chi connectivity index (χ2n) is 7.90. The lowest BCUT2D eigenvalue weighted by atomic mass is 9.94. The molecule has 6 nitrogen and oxygen atoms in total. The average molecular weight is 393 g/mol. The number of para-hydroxylation sites is 1. The van der Waals surface area contributed by atoms with Gasteiger partial charge in [0.2, 0.25) is 0 Å². The molecule has 1 fully saturated rings. The van der Waals surface area contributed by atoms with Gasteiger partial charge in [-0.15, -0.1) is 0 Å². The molecule has 1 aliphatic heterocycles. The van der Waals surface area contributed by atoms with Gasteiger partial charge in [0.05, 0.1) is 18.2 Å². The number of carbonyl (C=O) groups excluding carboxylic acids is 1. The molecule has 0 radical (unpaired) electrons. The van der Waals surface area contributed by atoms with Crippen LogP contribution < -0.4 is 10.5 Å². The molecule has 1 amide bonds. The molecule has 6 heteroatoms. The average Bonchev–Trinajstić information content (AvgIpc) is 3.18. The summed E-state index contributed by atoms with van der Waals surface area (Å²) in [4.78, 5) is 22.3. The van der Waals surface area contributed by atoms with Crippen molar-refractivity contribution in [3.8, 4) is 5.75 Å². The number of nitrogens with zero attached hydrogens (tertiary/aromatic N) is 2. The number of hydrogen-bond acceptors (Lipinski definition) is 4. The Morgan fingerprint density at radius 2 is 1.97 bits per heavy atom. The number of ether oxygens (including phenoxy) is 1. The van der Waals surface area contributed by atoms with Crippen molar-refractivity contribution in [3.63, 3.8) is 0 Å². The molecule has 3 N–H and O–H groups in total. The lowest BCUT2D eigenvalue weighted by Gasteiger charge is -2.35. The van der Waals surface area contributed by atoms with Gasteiger partial charge in [-0.2, -0.15) is 0 Å². The molecule has 2 aromatic carbocycles. The van der Waals surface area contributed by atoms with E-state index in [4.69, 9.17) is 15.5 Å². The largest absolute Gasteiger partial charge is 0.497 e.